The molecular weight excluding hydrogens is 294 g/mol. The maximum atomic E-state index is 11.1. The summed E-state index contributed by atoms with van der Waals surface area (Å²) >= 11 is 1.41. The molecule has 0 spiro atoms. The molecule has 6 nitrogen and oxygen atoms in total. The summed E-state index contributed by atoms with van der Waals surface area (Å²) in [6, 6.07) is 6.58. The van der Waals surface area contributed by atoms with Crippen LogP contribution in [0.4, 0.5) is 0 Å². The minimum Gasteiger partial charge on any atom is -0.497 e. The second-order valence-corrected chi connectivity index (χ2v) is 5.78. The Hall–Kier alpha value is -1.44. The van der Waals surface area contributed by atoms with E-state index < -0.39 is 17.1 Å². The van der Waals surface area contributed by atoms with Gasteiger partial charge in [0.15, 0.2) is 0 Å². The average Bonchev–Trinajstić information content (AvgIpc) is 2.91. The number of aliphatic carboxylic acids is 1. The van der Waals surface area contributed by atoms with E-state index in [1.807, 2.05) is 6.92 Å². The molecule has 116 valence electrons. The Morgan fingerprint density at radius 1 is 1.43 bits per heavy atom. The van der Waals surface area contributed by atoms with Gasteiger partial charge in [-0.3, -0.25) is 10.1 Å². The van der Waals surface area contributed by atoms with Crippen molar-refractivity contribution in [1.29, 1.82) is 0 Å². The molecule has 0 radical (unpaired) electrons. The smallest absolute Gasteiger partial charge is 0.321 e. The van der Waals surface area contributed by atoms with Crippen LogP contribution in [0.15, 0.2) is 24.3 Å². The van der Waals surface area contributed by atoms with Crippen molar-refractivity contribution in [2.45, 2.75) is 18.0 Å². The van der Waals surface area contributed by atoms with Gasteiger partial charge in [0.25, 0.3) is 0 Å². The van der Waals surface area contributed by atoms with Crippen molar-refractivity contribution in [3.8, 4) is 11.5 Å². The van der Waals surface area contributed by atoms with Gasteiger partial charge in [0.1, 0.15) is 24.1 Å². The van der Waals surface area contributed by atoms with Gasteiger partial charge in [-0.1, -0.05) is 0 Å². The molecule has 21 heavy (non-hydrogen) atoms. The summed E-state index contributed by atoms with van der Waals surface area (Å²) in [5.74, 6) is 0.993. The first-order chi connectivity index (χ1) is 10.1. The fourth-order valence-corrected chi connectivity index (χ4v) is 3.22. The number of ether oxygens (including phenoxy) is 3. The Bertz CT molecular complexity index is 481. The van der Waals surface area contributed by atoms with Crippen LogP contribution in [-0.4, -0.2) is 48.3 Å². The fourth-order valence-electron chi connectivity index (χ4n) is 1.99. The normalized spacial score (nSPS) is 24.8. The number of carboxylic acids is 1. The molecule has 0 aliphatic carbocycles. The van der Waals surface area contributed by atoms with Crippen LogP contribution in [-0.2, 0) is 9.53 Å². The molecule has 1 heterocycles. The molecule has 1 fully saturated rings. The predicted molar refractivity (Wildman–Crippen MR) is 79.9 cm³/mol. The first-order valence-electron chi connectivity index (χ1n) is 6.64. The Balaban J connectivity index is 1.98. The highest BCUT2D eigenvalue weighted by Crippen LogP contribution is 2.32. The van der Waals surface area contributed by atoms with Crippen LogP contribution in [0.2, 0.25) is 0 Å². The zero-order valence-corrected chi connectivity index (χ0v) is 12.8. The minimum absolute atomic E-state index is 0.224. The third kappa shape index (κ3) is 4.03. The van der Waals surface area contributed by atoms with E-state index in [1.54, 1.807) is 31.4 Å². The molecule has 1 aromatic rings. The average molecular weight is 313 g/mol. The molecule has 0 aromatic heterocycles. The Morgan fingerprint density at radius 2 is 2.10 bits per heavy atom. The maximum absolute atomic E-state index is 11.1. The summed E-state index contributed by atoms with van der Waals surface area (Å²) in [5.41, 5.74) is 0. The number of benzene rings is 1. The quantitative estimate of drug-likeness (QED) is 0.791. The van der Waals surface area contributed by atoms with Crippen LogP contribution in [0, 0.1) is 0 Å². The molecule has 2 rings (SSSR count). The number of nitrogens with one attached hydrogen (secondary N) is 1. The van der Waals surface area contributed by atoms with Gasteiger partial charge in [-0.15, -0.1) is 11.8 Å². The molecule has 1 aromatic carbocycles. The molecule has 1 saturated heterocycles. The second-order valence-electron chi connectivity index (χ2n) is 4.50. The third-order valence-corrected chi connectivity index (χ3v) is 4.36. The van der Waals surface area contributed by atoms with E-state index in [4.69, 9.17) is 19.3 Å². The summed E-state index contributed by atoms with van der Waals surface area (Å²) in [4.78, 5) is 11.1. The van der Waals surface area contributed by atoms with Gasteiger partial charge in [0, 0.05) is 12.4 Å². The van der Waals surface area contributed by atoms with Crippen molar-refractivity contribution in [2.24, 2.45) is 0 Å². The van der Waals surface area contributed by atoms with Gasteiger partial charge in [0.2, 0.25) is 5.06 Å². The predicted octanol–water partition coefficient (Wildman–Crippen LogP) is 1.55. The van der Waals surface area contributed by atoms with Crippen LogP contribution < -0.4 is 14.8 Å². The molecule has 0 amide bonds. The van der Waals surface area contributed by atoms with Crippen LogP contribution in [0.1, 0.15) is 6.92 Å². The molecule has 0 bridgehead atoms. The van der Waals surface area contributed by atoms with Crippen molar-refractivity contribution >= 4 is 17.7 Å². The lowest BCUT2D eigenvalue weighted by molar-refractivity contribution is -0.140. The zero-order valence-electron chi connectivity index (χ0n) is 12.0. The summed E-state index contributed by atoms with van der Waals surface area (Å²) < 4.78 is 16.5. The Labute approximate surface area is 127 Å². The lowest BCUT2D eigenvalue weighted by Crippen LogP contribution is -2.50. The zero-order chi connectivity index (χ0) is 15.3. The summed E-state index contributed by atoms with van der Waals surface area (Å²) in [6.07, 6.45) is 0. The lowest BCUT2D eigenvalue weighted by Gasteiger charge is -2.28. The standard InChI is InChI=1S/C14H19NO5S/c1-3-20-14(15-12(8-21-14)13(16)17)9-19-11-6-4-10(18-2)5-7-11/h4-7,12,15H,3,8-9H2,1-2H3,(H,16,17). The van der Waals surface area contributed by atoms with E-state index in [0.717, 1.165) is 5.75 Å². The SMILES string of the molecule is CCOC1(COc2ccc(OC)cc2)NC(C(=O)O)CS1. The molecule has 1 aliphatic rings. The largest absolute Gasteiger partial charge is 0.497 e. The van der Waals surface area contributed by atoms with E-state index in [1.165, 1.54) is 11.8 Å². The number of rotatable bonds is 7. The van der Waals surface area contributed by atoms with Crippen LogP contribution in [0.25, 0.3) is 0 Å². The number of hydrogen-bond donors (Lipinski definition) is 2. The van der Waals surface area contributed by atoms with Gasteiger partial charge < -0.3 is 19.3 Å². The molecule has 7 heteroatoms. The maximum Gasteiger partial charge on any atom is 0.321 e. The molecule has 2 atom stereocenters. The second kappa shape index (κ2) is 7.02. The Morgan fingerprint density at radius 3 is 2.62 bits per heavy atom. The van der Waals surface area contributed by atoms with Crippen molar-refractivity contribution in [3.63, 3.8) is 0 Å². The first-order valence-corrected chi connectivity index (χ1v) is 7.62. The minimum atomic E-state index is -0.881. The van der Waals surface area contributed by atoms with Crippen molar-refractivity contribution in [1.82, 2.24) is 5.32 Å². The van der Waals surface area contributed by atoms with Gasteiger partial charge in [-0.2, -0.15) is 0 Å². The summed E-state index contributed by atoms with van der Waals surface area (Å²) in [5, 5.41) is 11.2. The van der Waals surface area contributed by atoms with E-state index in [0.29, 0.717) is 18.1 Å². The molecule has 0 saturated carbocycles. The third-order valence-electron chi connectivity index (χ3n) is 3.04. The first kappa shape index (κ1) is 15.9. The number of hydrogen-bond acceptors (Lipinski definition) is 6. The molecular formula is C14H19NO5S. The van der Waals surface area contributed by atoms with Crippen molar-refractivity contribution < 1.29 is 24.1 Å². The number of thioether (sulfide) groups is 1. The summed E-state index contributed by atoms with van der Waals surface area (Å²) in [6.45, 7) is 2.56. The van der Waals surface area contributed by atoms with Gasteiger partial charge >= 0.3 is 5.97 Å². The summed E-state index contributed by atoms with van der Waals surface area (Å²) in [7, 11) is 1.60. The van der Waals surface area contributed by atoms with Crippen molar-refractivity contribution in [3.05, 3.63) is 24.3 Å². The van der Waals surface area contributed by atoms with Crippen LogP contribution in [0.3, 0.4) is 0 Å². The fraction of sp³-hybridized carbons (Fsp3) is 0.500. The van der Waals surface area contributed by atoms with Crippen molar-refractivity contribution in [2.75, 3.05) is 26.1 Å². The van der Waals surface area contributed by atoms with E-state index in [2.05, 4.69) is 5.32 Å². The number of methoxy groups -OCH3 is 1. The van der Waals surface area contributed by atoms with Crippen LogP contribution >= 0.6 is 11.8 Å². The van der Waals surface area contributed by atoms with Gasteiger partial charge in [-0.25, -0.2) is 0 Å². The lowest BCUT2D eigenvalue weighted by atomic mass is 10.3. The molecule has 1 aliphatic heterocycles. The molecule has 2 N–H and O–H groups in total. The van der Waals surface area contributed by atoms with E-state index in [9.17, 15) is 4.79 Å². The van der Waals surface area contributed by atoms with Gasteiger partial charge in [0.05, 0.1) is 7.11 Å². The van der Waals surface area contributed by atoms with Crippen LogP contribution in [0.5, 0.6) is 11.5 Å². The van der Waals surface area contributed by atoms with Gasteiger partial charge in [-0.05, 0) is 31.2 Å². The number of carboxylic acid groups (broad SMARTS) is 1. The highest BCUT2D eigenvalue weighted by Gasteiger charge is 2.43. The highest BCUT2D eigenvalue weighted by molar-refractivity contribution is 8.00. The topological polar surface area (TPSA) is 77.0 Å². The Kier molecular flexibility index (Phi) is 5.33. The monoisotopic (exact) mass is 313 g/mol. The molecule has 2 unspecified atom stereocenters. The van der Waals surface area contributed by atoms with E-state index >= 15 is 0 Å². The van der Waals surface area contributed by atoms with E-state index in [-0.39, 0.29) is 6.61 Å². The highest BCUT2D eigenvalue weighted by atomic mass is 32.2. The number of carbonyl (C=O) groups is 1.